The first-order chi connectivity index (χ1) is 10.8. The molecule has 1 saturated heterocycles. The van der Waals surface area contributed by atoms with Crippen LogP contribution in [-0.4, -0.2) is 35.5 Å². The molecule has 0 bridgehead atoms. The van der Waals surface area contributed by atoms with E-state index < -0.39 is 6.10 Å². The Balaban J connectivity index is 2.11. The average molecular weight is 318 g/mol. The van der Waals surface area contributed by atoms with Crippen molar-refractivity contribution < 1.29 is 9.53 Å². The summed E-state index contributed by atoms with van der Waals surface area (Å²) < 4.78 is 6.06. The first-order valence-corrected chi connectivity index (χ1v) is 8.62. The van der Waals surface area contributed by atoms with Crippen LogP contribution in [0, 0.1) is 6.92 Å². The number of hydrogen-bond acceptors (Lipinski definition) is 3. The van der Waals surface area contributed by atoms with Crippen LogP contribution in [0.1, 0.15) is 57.6 Å². The van der Waals surface area contributed by atoms with Crippen LogP contribution >= 0.6 is 0 Å². The van der Waals surface area contributed by atoms with E-state index in [1.807, 2.05) is 24.8 Å². The summed E-state index contributed by atoms with van der Waals surface area (Å²) in [6.07, 6.45) is 1.25. The lowest BCUT2D eigenvalue weighted by Crippen LogP contribution is -2.52. The van der Waals surface area contributed by atoms with Crippen LogP contribution < -0.4 is 10.5 Å². The fourth-order valence-corrected chi connectivity index (χ4v) is 3.23. The Labute approximate surface area is 140 Å². The SMILES string of the molecule is Cc1ccc(C(C)C)c(O[C@H](C)C(=O)N2CC[C@H](N)C[C@H]2C)c1. The van der Waals surface area contributed by atoms with E-state index in [4.69, 9.17) is 10.5 Å². The van der Waals surface area contributed by atoms with Crippen molar-refractivity contribution >= 4 is 5.91 Å². The fourth-order valence-electron chi connectivity index (χ4n) is 3.23. The molecule has 4 nitrogen and oxygen atoms in total. The van der Waals surface area contributed by atoms with Crippen molar-refractivity contribution in [3.8, 4) is 5.75 Å². The Morgan fingerprint density at radius 2 is 2.04 bits per heavy atom. The third kappa shape index (κ3) is 4.25. The minimum Gasteiger partial charge on any atom is -0.481 e. The van der Waals surface area contributed by atoms with Gasteiger partial charge in [0.05, 0.1) is 0 Å². The van der Waals surface area contributed by atoms with Gasteiger partial charge in [-0.15, -0.1) is 0 Å². The number of carbonyl (C=O) groups excluding carboxylic acids is 1. The minimum absolute atomic E-state index is 0.0561. The highest BCUT2D eigenvalue weighted by molar-refractivity contribution is 5.81. The van der Waals surface area contributed by atoms with Gasteiger partial charge in [0.2, 0.25) is 0 Å². The summed E-state index contributed by atoms with van der Waals surface area (Å²) in [5.74, 6) is 1.24. The van der Waals surface area contributed by atoms with Crippen molar-refractivity contribution in [3.63, 3.8) is 0 Å². The van der Waals surface area contributed by atoms with Gasteiger partial charge in [0, 0.05) is 18.6 Å². The van der Waals surface area contributed by atoms with Crippen LogP contribution in [0.3, 0.4) is 0 Å². The Bertz CT molecular complexity index is 556. The van der Waals surface area contributed by atoms with Gasteiger partial charge in [0.25, 0.3) is 5.91 Å². The number of carbonyl (C=O) groups is 1. The number of benzene rings is 1. The number of piperidine rings is 1. The lowest BCUT2D eigenvalue weighted by atomic mass is 9.98. The highest BCUT2D eigenvalue weighted by atomic mass is 16.5. The van der Waals surface area contributed by atoms with Gasteiger partial charge in [-0.05, 0) is 56.7 Å². The van der Waals surface area contributed by atoms with Gasteiger partial charge in [0.15, 0.2) is 6.10 Å². The first-order valence-electron chi connectivity index (χ1n) is 8.62. The van der Waals surface area contributed by atoms with Crippen molar-refractivity contribution in [1.82, 2.24) is 4.90 Å². The van der Waals surface area contributed by atoms with Crippen LogP contribution in [0.2, 0.25) is 0 Å². The number of hydrogen-bond donors (Lipinski definition) is 1. The second-order valence-electron chi connectivity index (χ2n) is 7.12. The Hall–Kier alpha value is -1.55. The van der Waals surface area contributed by atoms with Gasteiger partial charge in [-0.3, -0.25) is 4.79 Å². The van der Waals surface area contributed by atoms with Crippen LogP contribution in [-0.2, 0) is 4.79 Å². The second-order valence-corrected chi connectivity index (χ2v) is 7.12. The molecule has 0 spiro atoms. The molecule has 1 aromatic carbocycles. The van der Waals surface area contributed by atoms with Gasteiger partial charge < -0.3 is 15.4 Å². The Kier molecular flexibility index (Phi) is 5.69. The zero-order chi connectivity index (χ0) is 17.1. The number of nitrogens with zero attached hydrogens (tertiary/aromatic N) is 1. The summed E-state index contributed by atoms with van der Waals surface area (Å²) in [6.45, 7) is 10.9. The monoisotopic (exact) mass is 318 g/mol. The molecule has 0 aromatic heterocycles. The largest absolute Gasteiger partial charge is 0.481 e. The molecule has 1 heterocycles. The number of aryl methyl sites for hydroxylation is 1. The van der Waals surface area contributed by atoms with Crippen molar-refractivity contribution in [1.29, 1.82) is 0 Å². The molecule has 1 fully saturated rings. The van der Waals surface area contributed by atoms with E-state index in [1.165, 1.54) is 0 Å². The Morgan fingerprint density at radius 3 is 2.65 bits per heavy atom. The quantitative estimate of drug-likeness (QED) is 0.927. The third-order valence-corrected chi connectivity index (χ3v) is 4.64. The van der Waals surface area contributed by atoms with Gasteiger partial charge in [-0.25, -0.2) is 0 Å². The number of nitrogens with two attached hydrogens (primary N) is 1. The summed E-state index contributed by atoms with van der Waals surface area (Å²) in [6, 6.07) is 6.58. The normalized spacial score (nSPS) is 23.0. The molecule has 2 N–H and O–H groups in total. The number of rotatable bonds is 4. The van der Waals surface area contributed by atoms with Crippen molar-refractivity contribution in [2.45, 2.75) is 71.6 Å². The molecule has 1 aromatic rings. The number of ether oxygens (including phenoxy) is 1. The van der Waals surface area contributed by atoms with Gasteiger partial charge >= 0.3 is 0 Å². The lowest BCUT2D eigenvalue weighted by Gasteiger charge is -2.37. The van der Waals surface area contributed by atoms with E-state index in [2.05, 4.69) is 32.9 Å². The van der Waals surface area contributed by atoms with E-state index in [1.54, 1.807) is 0 Å². The van der Waals surface area contributed by atoms with Gasteiger partial charge in [-0.2, -0.15) is 0 Å². The van der Waals surface area contributed by atoms with Crippen LogP contribution in [0.15, 0.2) is 18.2 Å². The molecule has 1 amide bonds. The maximum absolute atomic E-state index is 12.7. The molecule has 0 unspecified atom stereocenters. The standard InChI is InChI=1S/C19H30N2O2/c1-12(2)17-7-6-13(3)10-18(17)23-15(5)19(22)21-9-8-16(20)11-14(21)4/h6-7,10,12,14-16H,8-9,11,20H2,1-5H3/t14-,15-,16+/m1/s1. The molecule has 1 aliphatic heterocycles. The zero-order valence-corrected chi connectivity index (χ0v) is 15.0. The maximum atomic E-state index is 12.7. The summed E-state index contributed by atoms with van der Waals surface area (Å²) in [7, 11) is 0. The Morgan fingerprint density at radius 1 is 1.35 bits per heavy atom. The zero-order valence-electron chi connectivity index (χ0n) is 15.0. The smallest absolute Gasteiger partial charge is 0.263 e. The fraction of sp³-hybridized carbons (Fsp3) is 0.632. The van der Waals surface area contributed by atoms with Crippen molar-refractivity contribution in [3.05, 3.63) is 29.3 Å². The molecule has 1 aliphatic rings. The van der Waals surface area contributed by atoms with Gasteiger partial charge in [0.1, 0.15) is 5.75 Å². The van der Waals surface area contributed by atoms with E-state index in [0.29, 0.717) is 5.92 Å². The number of amides is 1. The van der Waals surface area contributed by atoms with E-state index in [0.717, 1.165) is 36.3 Å². The highest BCUT2D eigenvalue weighted by Crippen LogP contribution is 2.29. The minimum atomic E-state index is -0.480. The molecule has 4 heteroatoms. The van der Waals surface area contributed by atoms with Crippen LogP contribution in [0.4, 0.5) is 0 Å². The summed E-state index contributed by atoms with van der Waals surface area (Å²) in [5.41, 5.74) is 8.27. The predicted octanol–water partition coefficient (Wildman–Crippen LogP) is 3.22. The van der Waals surface area contributed by atoms with Crippen LogP contribution in [0.5, 0.6) is 5.75 Å². The topological polar surface area (TPSA) is 55.6 Å². The molecule has 0 saturated carbocycles. The highest BCUT2D eigenvalue weighted by Gasteiger charge is 2.31. The van der Waals surface area contributed by atoms with Crippen molar-refractivity contribution in [2.24, 2.45) is 5.73 Å². The molecule has 0 aliphatic carbocycles. The number of likely N-dealkylation sites (tertiary alicyclic amines) is 1. The van der Waals surface area contributed by atoms with E-state index >= 15 is 0 Å². The molecular weight excluding hydrogens is 288 g/mol. The lowest BCUT2D eigenvalue weighted by molar-refractivity contribution is -0.141. The first kappa shape index (κ1) is 17.8. The van der Waals surface area contributed by atoms with Crippen molar-refractivity contribution in [2.75, 3.05) is 6.54 Å². The molecular formula is C19H30N2O2. The van der Waals surface area contributed by atoms with Crippen LogP contribution in [0.25, 0.3) is 0 Å². The summed E-state index contributed by atoms with van der Waals surface area (Å²) >= 11 is 0. The molecule has 23 heavy (non-hydrogen) atoms. The average Bonchev–Trinajstić information content (AvgIpc) is 2.46. The second kappa shape index (κ2) is 7.35. The molecule has 0 radical (unpaired) electrons. The molecule has 3 atom stereocenters. The molecule has 128 valence electrons. The summed E-state index contributed by atoms with van der Waals surface area (Å²) in [4.78, 5) is 14.7. The maximum Gasteiger partial charge on any atom is 0.263 e. The van der Waals surface area contributed by atoms with E-state index in [-0.39, 0.29) is 18.0 Å². The van der Waals surface area contributed by atoms with E-state index in [9.17, 15) is 4.79 Å². The third-order valence-electron chi connectivity index (χ3n) is 4.64. The summed E-state index contributed by atoms with van der Waals surface area (Å²) in [5, 5.41) is 0. The molecule has 2 rings (SSSR count). The predicted molar refractivity (Wildman–Crippen MR) is 93.7 cm³/mol. The van der Waals surface area contributed by atoms with Gasteiger partial charge in [-0.1, -0.05) is 26.0 Å².